The van der Waals surface area contributed by atoms with E-state index in [0.29, 0.717) is 10.9 Å². The third kappa shape index (κ3) is 3.57. The molecule has 0 amide bonds. The van der Waals surface area contributed by atoms with Crippen molar-refractivity contribution < 1.29 is 22.9 Å². The Bertz CT molecular complexity index is 837. The highest BCUT2D eigenvalue weighted by Crippen LogP contribution is 2.30. The van der Waals surface area contributed by atoms with Crippen LogP contribution in [0.1, 0.15) is 12.5 Å². The number of H-pyrrole nitrogens is 1. The van der Waals surface area contributed by atoms with E-state index in [9.17, 15) is 23.3 Å². The van der Waals surface area contributed by atoms with Gasteiger partial charge in [0.1, 0.15) is 5.52 Å². The van der Waals surface area contributed by atoms with E-state index in [4.69, 9.17) is 4.74 Å². The number of aromatic amines is 1. The predicted molar refractivity (Wildman–Crippen MR) is 74.8 cm³/mol. The fourth-order valence-corrected chi connectivity index (χ4v) is 2.77. The van der Waals surface area contributed by atoms with Gasteiger partial charge in [0.25, 0.3) is 5.69 Å². The first-order valence-electron chi connectivity index (χ1n) is 5.82. The number of hydrogen-bond donors (Lipinski definition) is 1. The zero-order valence-electron chi connectivity index (χ0n) is 11.2. The van der Waals surface area contributed by atoms with Crippen molar-refractivity contribution in [2.75, 3.05) is 6.26 Å². The Labute approximate surface area is 119 Å². The summed E-state index contributed by atoms with van der Waals surface area (Å²) in [6.45, 7) is 1.20. The largest absolute Gasteiger partial charge is 0.410 e. The van der Waals surface area contributed by atoms with Gasteiger partial charge in [-0.2, -0.15) is 0 Å². The first kappa shape index (κ1) is 15.0. The number of ether oxygens (including phenoxy) is 1. The van der Waals surface area contributed by atoms with Crippen LogP contribution in [0.3, 0.4) is 0 Å². The molecule has 112 valence electrons. The minimum Gasteiger partial charge on any atom is -0.410 e. The van der Waals surface area contributed by atoms with Crippen LogP contribution in [0.2, 0.25) is 0 Å². The lowest BCUT2D eigenvalue weighted by molar-refractivity contribution is -0.383. The predicted octanol–water partition coefficient (Wildman–Crippen LogP) is 1.55. The number of non-ortho nitro benzene ring substituents is 1. The molecular weight excluding hydrogens is 300 g/mol. The summed E-state index contributed by atoms with van der Waals surface area (Å²) >= 11 is 0. The number of sulfone groups is 1. The molecule has 0 atom stereocenters. The van der Waals surface area contributed by atoms with Crippen molar-refractivity contribution in [3.8, 4) is 5.88 Å². The van der Waals surface area contributed by atoms with Crippen molar-refractivity contribution in [1.29, 1.82) is 0 Å². The second kappa shape index (κ2) is 5.17. The fraction of sp³-hybridized carbons (Fsp3) is 0.250. The molecule has 21 heavy (non-hydrogen) atoms. The molecule has 0 aliphatic rings. The van der Waals surface area contributed by atoms with Gasteiger partial charge in [-0.1, -0.05) is 0 Å². The summed E-state index contributed by atoms with van der Waals surface area (Å²) in [5.41, 5.74) is 0.197. The third-order valence-corrected chi connectivity index (χ3v) is 3.48. The Morgan fingerprint density at radius 1 is 1.38 bits per heavy atom. The molecule has 0 saturated heterocycles. The lowest BCUT2D eigenvalue weighted by Gasteiger charge is -2.01. The Morgan fingerprint density at radius 3 is 2.57 bits per heavy atom. The van der Waals surface area contributed by atoms with Crippen molar-refractivity contribution in [3.05, 3.63) is 33.9 Å². The lowest BCUT2D eigenvalue weighted by Crippen LogP contribution is -2.02. The number of esters is 1. The average molecular weight is 312 g/mol. The Hall–Kier alpha value is -2.42. The van der Waals surface area contributed by atoms with E-state index in [-0.39, 0.29) is 22.8 Å². The van der Waals surface area contributed by atoms with Crippen LogP contribution < -0.4 is 4.74 Å². The SMILES string of the molecule is CC(=O)Oc1cc2cc(CS(C)(=O)=O)cc([N+](=O)[O-])c2[nH]1. The molecule has 0 fully saturated rings. The molecule has 0 unspecified atom stereocenters. The van der Waals surface area contributed by atoms with E-state index >= 15 is 0 Å². The Balaban J connectivity index is 2.61. The van der Waals surface area contributed by atoms with E-state index < -0.39 is 20.7 Å². The molecule has 1 N–H and O–H groups in total. The van der Waals surface area contributed by atoms with Crippen molar-refractivity contribution >= 4 is 32.4 Å². The van der Waals surface area contributed by atoms with E-state index in [1.165, 1.54) is 25.1 Å². The lowest BCUT2D eigenvalue weighted by atomic mass is 10.1. The average Bonchev–Trinajstić information content (AvgIpc) is 2.66. The van der Waals surface area contributed by atoms with E-state index in [0.717, 1.165) is 6.26 Å². The van der Waals surface area contributed by atoms with Gasteiger partial charge in [-0.15, -0.1) is 0 Å². The second-order valence-electron chi connectivity index (χ2n) is 4.63. The van der Waals surface area contributed by atoms with Crippen LogP contribution in [0.25, 0.3) is 10.9 Å². The molecule has 0 bridgehead atoms. The minimum atomic E-state index is -3.32. The molecule has 8 nitrogen and oxygen atoms in total. The number of nitrogens with one attached hydrogen (secondary N) is 1. The van der Waals surface area contributed by atoms with Crippen molar-refractivity contribution in [1.82, 2.24) is 4.98 Å². The molecule has 1 aromatic heterocycles. The number of rotatable bonds is 4. The van der Waals surface area contributed by atoms with E-state index in [1.54, 1.807) is 0 Å². The van der Waals surface area contributed by atoms with Crippen molar-refractivity contribution in [3.63, 3.8) is 0 Å². The number of nitro groups is 1. The smallest absolute Gasteiger partial charge is 0.309 e. The zero-order chi connectivity index (χ0) is 15.8. The highest BCUT2D eigenvalue weighted by molar-refractivity contribution is 7.89. The second-order valence-corrected chi connectivity index (χ2v) is 6.77. The number of aromatic nitrogens is 1. The maximum atomic E-state index is 11.3. The maximum absolute atomic E-state index is 11.3. The maximum Gasteiger partial charge on any atom is 0.309 e. The van der Waals surface area contributed by atoms with Crippen LogP contribution in [-0.2, 0) is 20.4 Å². The number of benzene rings is 1. The molecular formula is C12H12N2O6S. The van der Waals surface area contributed by atoms with Gasteiger partial charge in [0.15, 0.2) is 9.84 Å². The van der Waals surface area contributed by atoms with Gasteiger partial charge in [0, 0.05) is 30.7 Å². The molecule has 0 spiro atoms. The van der Waals surface area contributed by atoms with Gasteiger partial charge in [0.05, 0.1) is 10.7 Å². The van der Waals surface area contributed by atoms with Crippen LogP contribution in [0.4, 0.5) is 5.69 Å². The minimum absolute atomic E-state index is 0.0668. The first-order chi connectivity index (χ1) is 9.65. The highest BCUT2D eigenvalue weighted by atomic mass is 32.2. The molecule has 0 radical (unpaired) electrons. The third-order valence-electron chi connectivity index (χ3n) is 2.62. The summed E-state index contributed by atoms with van der Waals surface area (Å²) in [6.07, 6.45) is 1.05. The fourth-order valence-electron chi connectivity index (χ4n) is 2.00. The van der Waals surface area contributed by atoms with Gasteiger partial charge in [-0.3, -0.25) is 14.9 Å². The summed E-state index contributed by atoms with van der Waals surface area (Å²) < 4.78 is 27.5. The first-order valence-corrected chi connectivity index (χ1v) is 7.88. The van der Waals surface area contributed by atoms with Crippen molar-refractivity contribution in [2.45, 2.75) is 12.7 Å². The highest BCUT2D eigenvalue weighted by Gasteiger charge is 2.19. The Morgan fingerprint density at radius 2 is 2.05 bits per heavy atom. The topological polar surface area (TPSA) is 119 Å². The van der Waals surface area contributed by atoms with Crippen LogP contribution in [-0.4, -0.2) is 30.6 Å². The van der Waals surface area contributed by atoms with Crippen molar-refractivity contribution in [2.24, 2.45) is 0 Å². The molecule has 2 aromatic rings. The van der Waals surface area contributed by atoms with Gasteiger partial charge in [-0.25, -0.2) is 8.42 Å². The normalized spacial score (nSPS) is 11.5. The quantitative estimate of drug-likeness (QED) is 0.519. The number of fused-ring (bicyclic) bond motifs is 1. The number of carbonyl (C=O) groups excluding carboxylic acids is 1. The van der Waals surface area contributed by atoms with Gasteiger partial charge in [-0.05, 0) is 11.6 Å². The van der Waals surface area contributed by atoms with Gasteiger partial charge in [0.2, 0.25) is 5.88 Å². The Kier molecular flexibility index (Phi) is 3.69. The van der Waals surface area contributed by atoms with Crippen LogP contribution in [0, 0.1) is 10.1 Å². The molecule has 0 saturated carbocycles. The number of hydrogen-bond acceptors (Lipinski definition) is 6. The number of carbonyl (C=O) groups is 1. The molecule has 1 aromatic carbocycles. The number of nitrogens with zero attached hydrogens (tertiary/aromatic N) is 1. The van der Waals surface area contributed by atoms with Crippen LogP contribution >= 0.6 is 0 Å². The monoisotopic (exact) mass is 312 g/mol. The summed E-state index contributed by atoms with van der Waals surface area (Å²) in [5.74, 6) is -0.810. The molecule has 0 aliphatic carbocycles. The zero-order valence-corrected chi connectivity index (χ0v) is 12.1. The van der Waals surface area contributed by atoms with Gasteiger partial charge >= 0.3 is 5.97 Å². The van der Waals surface area contributed by atoms with E-state index in [1.807, 2.05) is 0 Å². The summed E-state index contributed by atoms with van der Waals surface area (Å²) in [5, 5.41) is 11.5. The summed E-state index contributed by atoms with van der Waals surface area (Å²) in [4.78, 5) is 24.0. The molecule has 0 aliphatic heterocycles. The number of nitro benzene ring substituents is 1. The summed E-state index contributed by atoms with van der Waals surface area (Å²) in [7, 11) is -3.32. The van der Waals surface area contributed by atoms with Gasteiger partial charge < -0.3 is 9.72 Å². The van der Waals surface area contributed by atoms with E-state index in [2.05, 4.69) is 4.98 Å². The standard InChI is InChI=1S/C12H12N2O6S/c1-7(15)20-11-5-9-3-8(6-21(2,18)19)4-10(14(16)17)12(9)13-11/h3-5,13H,6H2,1-2H3. The summed E-state index contributed by atoms with van der Waals surface area (Å²) in [6, 6.07) is 4.11. The molecule has 2 rings (SSSR count). The molecule has 9 heteroatoms. The molecule has 1 heterocycles. The van der Waals surface area contributed by atoms with Crippen LogP contribution in [0.15, 0.2) is 18.2 Å². The van der Waals surface area contributed by atoms with Crippen LogP contribution in [0.5, 0.6) is 5.88 Å².